The van der Waals surface area contributed by atoms with Gasteiger partial charge in [-0.05, 0) is 179 Å². The molecule has 0 aliphatic rings. The lowest BCUT2D eigenvalue weighted by Gasteiger charge is -2.26. The Balaban J connectivity index is 0.908. The fourth-order valence-corrected chi connectivity index (χ4v) is 11.3. The SMILES string of the molecule is c1ccc(-c2cc(-c3ccccc3)cc(-c3ccc(N(c4ccc(-c5ccc6c(ccc7ccccc76)c5)cc4)c4cccc(-c5cccc6c5c5cc7ccccc7cc5n6-c5ccccc5)c4)cc3)c2)cc1. The molecule has 1 aromatic heterocycles. The van der Waals surface area contributed by atoms with Crippen molar-refractivity contribution < 1.29 is 0 Å². The number of benzene rings is 13. The Morgan fingerprint density at radius 1 is 0.230 bits per heavy atom. The van der Waals surface area contributed by atoms with Crippen molar-refractivity contribution in [3.8, 4) is 61.3 Å². The molecule has 0 atom stereocenters. The maximum absolute atomic E-state index is 2.43. The molecule has 0 N–H and O–H groups in total. The molecule has 0 unspecified atom stereocenters. The monoisotopic (exact) mass is 940 g/mol. The van der Waals surface area contributed by atoms with Crippen LogP contribution in [0.4, 0.5) is 17.1 Å². The molecular weight excluding hydrogens is 893 g/mol. The second-order valence-electron chi connectivity index (χ2n) is 19.3. The molecule has 0 spiro atoms. The Morgan fingerprint density at radius 3 is 1.39 bits per heavy atom. The van der Waals surface area contributed by atoms with E-state index in [-0.39, 0.29) is 0 Å². The maximum Gasteiger partial charge on any atom is 0.0547 e. The average molecular weight is 941 g/mol. The van der Waals surface area contributed by atoms with Crippen molar-refractivity contribution in [2.24, 2.45) is 0 Å². The van der Waals surface area contributed by atoms with Crippen LogP contribution < -0.4 is 4.90 Å². The molecule has 2 nitrogen and oxygen atoms in total. The summed E-state index contributed by atoms with van der Waals surface area (Å²) in [6.07, 6.45) is 0. The highest BCUT2D eigenvalue weighted by Gasteiger charge is 2.20. The molecule has 0 aliphatic heterocycles. The van der Waals surface area contributed by atoms with E-state index in [0.717, 1.165) is 33.9 Å². The minimum atomic E-state index is 1.07. The van der Waals surface area contributed by atoms with Gasteiger partial charge in [0.25, 0.3) is 0 Å². The van der Waals surface area contributed by atoms with Gasteiger partial charge in [-0.3, -0.25) is 0 Å². The van der Waals surface area contributed by atoms with E-state index >= 15 is 0 Å². The maximum atomic E-state index is 2.43. The van der Waals surface area contributed by atoms with Crippen LogP contribution in [0.3, 0.4) is 0 Å². The minimum absolute atomic E-state index is 1.07. The number of aromatic nitrogens is 1. The van der Waals surface area contributed by atoms with Crippen molar-refractivity contribution in [3.63, 3.8) is 0 Å². The van der Waals surface area contributed by atoms with Crippen LogP contribution in [-0.4, -0.2) is 4.57 Å². The Labute approximate surface area is 430 Å². The third-order valence-corrected chi connectivity index (χ3v) is 14.9. The van der Waals surface area contributed by atoms with Crippen molar-refractivity contribution in [1.29, 1.82) is 0 Å². The summed E-state index contributed by atoms with van der Waals surface area (Å²) in [5, 5.41) is 9.99. The molecule has 0 amide bonds. The molecule has 346 valence electrons. The van der Waals surface area contributed by atoms with E-state index in [1.54, 1.807) is 0 Å². The molecule has 0 aliphatic carbocycles. The third-order valence-electron chi connectivity index (χ3n) is 14.9. The quantitative estimate of drug-likeness (QED) is 0.131. The van der Waals surface area contributed by atoms with Crippen LogP contribution in [0.25, 0.3) is 115 Å². The number of hydrogen-bond donors (Lipinski definition) is 0. The van der Waals surface area contributed by atoms with Crippen LogP contribution in [0.2, 0.25) is 0 Å². The van der Waals surface area contributed by atoms with Gasteiger partial charge in [0.1, 0.15) is 0 Å². The number of hydrogen-bond acceptors (Lipinski definition) is 1. The minimum Gasteiger partial charge on any atom is -0.310 e. The van der Waals surface area contributed by atoms with Crippen LogP contribution in [0.5, 0.6) is 0 Å². The van der Waals surface area contributed by atoms with Gasteiger partial charge in [0.2, 0.25) is 0 Å². The molecular formula is C72H48N2. The molecule has 14 aromatic rings. The van der Waals surface area contributed by atoms with Crippen molar-refractivity contribution >= 4 is 71.2 Å². The first kappa shape index (κ1) is 43.1. The Kier molecular flexibility index (Phi) is 10.6. The van der Waals surface area contributed by atoms with Gasteiger partial charge in [0.05, 0.1) is 11.0 Å². The van der Waals surface area contributed by atoms with Gasteiger partial charge >= 0.3 is 0 Å². The molecule has 0 radical (unpaired) electrons. The van der Waals surface area contributed by atoms with Crippen molar-refractivity contribution in [2.75, 3.05) is 4.90 Å². The van der Waals surface area contributed by atoms with Crippen molar-refractivity contribution in [1.82, 2.24) is 4.57 Å². The standard InChI is InChI=1S/C72H48N2/c1-4-16-49(17-5-1)59-43-60(50-18-6-2-7-19-50)45-61(44-59)52-34-39-64(40-35-52)73(63-37-32-51(33-38-63)56-36-41-67-58(42-56)31-30-53-20-12-13-27-66(53)67)65-26-14-23-57(46-65)68-28-15-29-70-72(68)69-47-54-21-10-11-22-55(54)48-71(69)74(70)62-24-8-3-9-25-62/h1-48H. The third kappa shape index (κ3) is 7.69. The first-order valence-electron chi connectivity index (χ1n) is 25.5. The second kappa shape index (κ2) is 18.1. The summed E-state index contributed by atoms with van der Waals surface area (Å²) in [5.74, 6) is 0. The fourth-order valence-electron chi connectivity index (χ4n) is 11.3. The molecule has 14 rings (SSSR count). The molecule has 74 heavy (non-hydrogen) atoms. The van der Waals surface area contributed by atoms with Crippen LogP contribution >= 0.6 is 0 Å². The number of rotatable bonds is 9. The average Bonchev–Trinajstić information content (AvgIpc) is 3.80. The van der Waals surface area contributed by atoms with Crippen LogP contribution in [0, 0.1) is 0 Å². The highest BCUT2D eigenvalue weighted by atomic mass is 15.1. The Hall–Kier alpha value is -9.76. The summed E-state index contributed by atoms with van der Waals surface area (Å²) < 4.78 is 2.43. The normalized spacial score (nSPS) is 11.5. The number of anilines is 3. The molecule has 1 heterocycles. The first-order chi connectivity index (χ1) is 36.7. The van der Waals surface area contributed by atoms with Crippen LogP contribution in [-0.2, 0) is 0 Å². The van der Waals surface area contributed by atoms with Gasteiger partial charge in [-0.25, -0.2) is 0 Å². The highest BCUT2D eigenvalue weighted by molar-refractivity contribution is 6.19. The molecule has 0 fully saturated rings. The van der Waals surface area contributed by atoms with Crippen LogP contribution in [0.1, 0.15) is 0 Å². The number of para-hydroxylation sites is 1. The van der Waals surface area contributed by atoms with Crippen molar-refractivity contribution in [2.45, 2.75) is 0 Å². The summed E-state index contributed by atoms with van der Waals surface area (Å²) in [5.41, 5.74) is 18.6. The lowest BCUT2D eigenvalue weighted by atomic mass is 9.93. The molecule has 0 bridgehead atoms. The van der Waals surface area contributed by atoms with E-state index in [2.05, 4.69) is 301 Å². The van der Waals surface area contributed by atoms with Gasteiger partial charge < -0.3 is 9.47 Å². The highest BCUT2D eigenvalue weighted by Crippen LogP contribution is 2.44. The number of nitrogens with zero attached hydrogens (tertiary/aromatic N) is 2. The zero-order valence-electron chi connectivity index (χ0n) is 40.6. The zero-order valence-corrected chi connectivity index (χ0v) is 40.6. The zero-order chi connectivity index (χ0) is 49.0. The summed E-state index contributed by atoms with van der Waals surface area (Å²) in [7, 11) is 0. The fraction of sp³-hybridized carbons (Fsp3) is 0. The predicted octanol–water partition coefficient (Wildman–Crippen LogP) is 20.0. The first-order valence-corrected chi connectivity index (χ1v) is 25.5. The van der Waals surface area contributed by atoms with Gasteiger partial charge in [-0.2, -0.15) is 0 Å². The molecule has 0 saturated heterocycles. The van der Waals surface area contributed by atoms with E-state index in [0.29, 0.717) is 0 Å². The smallest absolute Gasteiger partial charge is 0.0547 e. The lowest BCUT2D eigenvalue weighted by molar-refractivity contribution is 1.18. The van der Waals surface area contributed by atoms with Gasteiger partial charge in [-0.15, -0.1) is 0 Å². The second-order valence-corrected chi connectivity index (χ2v) is 19.3. The van der Waals surface area contributed by atoms with E-state index in [1.165, 1.54) is 98.6 Å². The van der Waals surface area contributed by atoms with Gasteiger partial charge in [0.15, 0.2) is 0 Å². The Morgan fingerprint density at radius 2 is 0.730 bits per heavy atom. The summed E-state index contributed by atoms with van der Waals surface area (Å²) >= 11 is 0. The predicted molar refractivity (Wildman–Crippen MR) is 315 cm³/mol. The Bertz CT molecular complexity index is 4330. The van der Waals surface area contributed by atoms with E-state index in [1.807, 2.05) is 0 Å². The number of fused-ring (bicyclic) bond motifs is 7. The lowest BCUT2D eigenvalue weighted by Crippen LogP contribution is -2.10. The summed E-state index contributed by atoms with van der Waals surface area (Å²) in [6.45, 7) is 0. The molecule has 0 saturated carbocycles. The van der Waals surface area contributed by atoms with Gasteiger partial charge in [-0.1, -0.05) is 200 Å². The molecule has 2 heteroatoms. The summed E-state index contributed by atoms with van der Waals surface area (Å²) in [6, 6.07) is 107. The van der Waals surface area contributed by atoms with Crippen molar-refractivity contribution in [3.05, 3.63) is 291 Å². The topological polar surface area (TPSA) is 8.17 Å². The van der Waals surface area contributed by atoms with E-state index in [4.69, 9.17) is 0 Å². The molecule has 13 aromatic carbocycles. The van der Waals surface area contributed by atoms with E-state index < -0.39 is 0 Å². The summed E-state index contributed by atoms with van der Waals surface area (Å²) in [4.78, 5) is 2.40. The largest absolute Gasteiger partial charge is 0.310 e. The van der Waals surface area contributed by atoms with Gasteiger partial charge in [0, 0.05) is 33.5 Å². The van der Waals surface area contributed by atoms with Crippen LogP contribution in [0.15, 0.2) is 291 Å². The van der Waals surface area contributed by atoms with E-state index in [9.17, 15) is 0 Å².